The zero-order chi connectivity index (χ0) is 14.9. The number of carbonyl (C=O) groups excluding carboxylic acids is 2. The Labute approximate surface area is 128 Å². The number of methoxy groups -OCH3 is 2. The molecule has 5 nitrogen and oxygen atoms in total. The average Bonchev–Trinajstić information content (AvgIpc) is 2.82. The molecular weight excluding hydrogens is 346 g/mol. The molecule has 106 valence electrons. The Hall–Kier alpha value is -1.47. The SMILES string of the molecule is COC(=O)c1sc2ccnc(C(C)C(=O)OC)c2c1Br. The van der Waals surface area contributed by atoms with Crippen molar-refractivity contribution in [2.75, 3.05) is 14.2 Å². The first-order valence-corrected chi connectivity index (χ1v) is 7.35. The van der Waals surface area contributed by atoms with Crippen LogP contribution in [0.1, 0.15) is 28.2 Å². The fourth-order valence-electron chi connectivity index (χ4n) is 1.87. The molecule has 0 N–H and O–H groups in total. The third kappa shape index (κ3) is 2.43. The van der Waals surface area contributed by atoms with Crippen LogP contribution in [0.15, 0.2) is 16.7 Å². The number of rotatable bonds is 3. The first-order valence-electron chi connectivity index (χ1n) is 5.74. The van der Waals surface area contributed by atoms with E-state index in [0.29, 0.717) is 15.0 Å². The van der Waals surface area contributed by atoms with Crippen LogP contribution in [0, 0.1) is 0 Å². The van der Waals surface area contributed by atoms with Crippen LogP contribution < -0.4 is 0 Å². The zero-order valence-corrected chi connectivity index (χ0v) is 13.5. The summed E-state index contributed by atoms with van der Waals surface area (Å²) in [4.78, 5) is 28.1. The Bertz CT molecular complexity index is 682. The number of aromatic nitrogens is 1. The second kappa shape index (κ2) is 5.88. The summed E-state index contributed by atoms with van der Waals surface area (Å²) in [5.41, 5.74) is 0.577. The second-order valence-corrected chi connectivity index (χ2v) is 5.90. The Balaban J connectivity index is 2.66. The lowest BCUT2D eigenvalue weighted by atomic mass is 10.0. The molecule has 2 aromatic heterocycles. The van der Waals surface area contributed by atoms with Gasteiger partial charge in [0.1, 0.15) is 4.88 Å². The highest BCUT2D eigenvalue weighted by Crippen LogP contribution is 2.39. The molecule has 1 atom stereocenters. The molecule has 0 aliphatic carbocycles. The van der Waals surface area contributed by atoms with E-state index in [9.17, 15) is 9.59 Å². The lowest BCUT2D eigenvalue weighted by Gasteiger charge is -2.09. The number of pyridine rings is 1. The van der Waals surface area contributed by atoms with Crippen molar-refractivity contribution in [2.24, 2.45) is 0 Å². The summed E-state index contributed by atoms with van der Waals surface area (Å²) in [5.74, 6) is -1.31. The van der Waals surface area contributed by atoms with Gasteiger partial charge < -0.3 is 9.47 Å². The minimum atomic E-state index is -0.514. The number of halogens is 1. The fraction of sp³-hybridized carbons (Fsp3) is 0.308. The van der Waals surface area contributed by atoms with Gasteiger partial charge in [-0.25, -0.2) is 4.79 Å². The van der Waals surface area contributed by atoms with Crippen LogP contribution >= 0.6 is 27.3 Å². The van der Waals surface area contributed by atoms with Gasteiger partial charge in [0.2, 0.25) is 0 Å². The number of esters is 2. The highest BCUT2D eigenvalue weighted by atomic mass is 79.9. The standard InChI is InChI=1S/C13H12BrNO4S/c1-6(12(16)18-2)10-8-7(4-5-15-10)20-11(9(8)14)13(17)19-3/h4-6H,1-3H3. The highest BCUT2D eigenvalue weighted by Gasteiger charge is 2.25. The summed E-state index contributed by atoms with van der Waals surface area (Å²) in [6.45, 7) is 1.72. The molecule has 0 aliphatic heterocycles. The van der Waals surface area contributed by atoms with Gasteiger partial charge in [-0.1, -0.05) is 0 Å². The number of thiophene rings is 1. The summed E-state index contributed by atoms with van der Waals surface area (Å²) in [5, 5.41) is 0.746. The van der Waals surface area contributed by atoms with E-state index in [1.165, 1.54) is 25.6 Å². The molecule has 0 bridgehead atoms. The first kappa shape index (κ1) is 14.9. The van der Waals surface area contributed by atoms with Crippen molar-refractivity contribution in [1.82, 2.24) is 4.98 Å². The van der Waals surface area contributed by atoms with Crippen molar-refractivity contribution in [3.63, 3.8) is 0 Å². The largest absolute Gasteiger partial charge is 0.469 e. The van der Waals surface area contributed by atoms with Crippen LogP contribution in [0.4, 0.5) is 0 Å². The first-order chi connectivity index (χ1) is 9.51. The molecule has 0 saturated carbocycles. The number of nitrogens with zero attached hydrogens (tertiary/aromatic N) is 1. The predicted molar refractivity (Wildman–Crippen MR) is 79.1 cm³/mol. The van der Waals surface area contributed by atoms with Crippen LogP contribution in [-0.2, 0) is 14.3 Å². The molecule has 0 spiro atoms. The molecule has 1 unspecified atom stereocenters. The lowest BCUT2D eigenvalue weighted by Crippen LogP contribution is -2.12. The van der Waals surface area contributed by atoms with Crippen molar-refractivity contribution in [3.8, 4) is 0 Å². The smallest absolute Gasteiger partial charge is 0.349 e. The van der Waals surface area contributed by atoms with Gasteiger partial charge in [0.15, 0.2) is 0 Å². The maximum Gasteiger partial charge on any atom is 0.349 e. The molecule has 0 radical (unpaired) electrons. The van der Waals surface area contributed by atoms with Gasteiger partial charge in [-0.2, -0.15) is 0 Å². The van der Waals surface area contributed by atoms with Crippen LogP contribution in [0.3, 0.4) is 0 Å². The number of carbonyl (C=O) groups is 2. The van der Waals surface area contributed by atoms with Gasteiger partial charge in [-0.3, -0.25) is 9.78 Å². The fourth-order valence-corrected chi connectivity index (χ4v) is 3.84. The number of ether oxygens (including phenoxy) is 2. The van der Waals surface area contributed by atoms with Crippen molar-refractivity contribution in [1.29, 1.82) is 0 Å². The van der Waals surface area contributed by atoms with E-state index >= 15 is 0 Å². The van der Waals surface area contributed by atoms with Gasteiger partial charge in [-0.05, 0) is 28.9 Å². The van der Waals surface area contributed by atoms with Crippen LogP contribution in [0.5, 0.6) is 0 Å². The molecule has 0 aromatic carbocycles. The van der Waals surface area contributed by atoms with Crippen molar-refractivity contribution in [3.05, 3.63) is 27.3 Å². The van der Waals surface area contributed by atoms with Crippen molar-refractivity contribution in [2.45, 2.75) is 12.8 Å². The number of hydrogen-bond donors (Lipinski definition) is 0. The van der Waals surface area contributed by atoms with E-state index in [-0.39, 0.29) is 5.97 Å². The van der Waals surface area contributed by atoms with Crippen molar-refractivity contribution < 1.29 is 19.1 Å². The zero-order valence-electron chi connectivity index (χ0n) is 11.1. The van der Waals surface area contributed by atoms with E-state index < -0.39 is 11.9 Å². The summed E-state index contributed by atoms with van der Waals surface area (Å²) in [7, 11) is 2.66. The maximum atomic E-state index is 11.7. The van der Waals surface area contributed by atoms with Gasteiger partial charge in [0.25, 0.3) is 0 Å². The molecule has 20 heavy (non-hydrogen) atoms. The summed E-state index contributed by atoms with van der Waals surface area (Å²) in [6, 6.07) is 1.80. The Morgan fingerprint density at radius 1 is 1.35 bits per heavy atom. The third-order valence-corrected chi connectivity index (χ3v) is 5.10. The maximum absolute atomic E-state index is 11.7. The van der Waals surface area contributed by atoms with Gasteiger partial charge in [-0.15, -0.1) is 11.3 Å². The van der Waals surface area contributed by atoms with E-state index in [1.54, 1.807) is 19.2 Å². The van der Waals surface area contributed by atoms with E-state index in [0.717, 1.165) is 10.1 Å². The Kier molecular flexibility index (Phi) is 4.39. The van der Waals surface area contributed by atoms with E-state index in [1.807, 2.05) is 0 Å². The highest BCUT2D eigenvalue weighted by molar-refractivity contribution is 9.10. The molecule has 2 aromatic rings. The summed E-state index contributed by atoms with van der Waals surface area (Å²) < 4.78 is 11.0. The monoisotopic (exact) mass is 357 g/mol. The molecule has 0 fully saturated rings. The van der Waals surface area contributed by atoms with E-state index in [4.69, 9.17) is 9.47 Å². The van der Waals surface area contributed by atoms with Crippen LogP contribution in [0.25, 0.3) is 10.1 Å². The summed E-state index contributed by atoms with van der Waals surface area (Å²) >= 11 is 4.69. The molecular formula is C13H12BrNO4S. The Morgan fingerprint density at radius 2 is 2.05 bits per heavy atom. The molecule has 0 saturated heterocycles. The van der Waals surface area contributed by atoms with Gasteiger partial charge in [0.05, 0.1) is 30.3 Å². The van der Waals surface area contributed by atoms with Crippen LogP contribution in [-0.4, -0.2) is 31.1 Å². The predicted octanol–water partition coefficient (Wildman–Crippen LogP) is 3.12. The quantitative estimate of drug-likeness (QED) is 0.789. The number of hydrogen-bond acceptors (Lipinski definition) is 6. The normalized spacial score (nSPS) is 12.2. The molecule has 2 heterocycles. The molecule has 0 amide bonds. The molecule has 7 heteroatoms. The number of fused-ring (bicyclic) bond motifs is 1. The molecule has 2 rings (SSSR count). The van der Waals surface area contributed by atoms with E-state index in [2.05, 4.69) is 20.9 Å². The van der Waals surface area contributed by atoms with Gasteiger partial charge in [0, 0.05) is 16.3 Å². The second-order valence-electron chi connectivity index (χ2n) is 4.05. The third-order valence-electron chi connectivity index (χ3n) is 2.91. The molecule has 0 aliphatic rings. The van der Waals surface area contributed by atoms with Crippen LogP contribution in [0.2, 0.25) is 0 Å². The minimum Gasteiger partial charge on any atom is -0.469 e. The van der Waals surface area contributed by atoms with Gasteiger partial charge >= 0.3 is 11.9 Å². The summed E-state index contributed by atoms with van der Waals surface area (Å²) in [6.07, 6.45) is 1.61. The topological polar surface area (TPSA) is 65.5 Å². The minimum absolute atomic E-state index is 0.372. The Morgan fingerprint density at radius 3 is 2.65 bits per heavy atom. The van der Waals surface area contributed by atoms with Crippen molar-refractivity contribution >= 4 is 49.3 Å². The lowest BCUT2D eigenvalue weighted by molar-refractivity contribution is -0.142. The average molecular weight is 358 g/mol.